The average Bonchev–Trinajstić information content (AvgIpc) is 3.12. The molecule has 2 amide bonds. The molecule has 1 aromatic carbocycles. The highest BCUT2D eigenvalue weighted by Gasteiger charge is 2.29. The van der Waals surface area contributed by atoms with Crippen LogP contribution in [-0.4, -0.2) is 40.6 Å². The molecule has 2 aromatic rings. The predicted molar refractivity (Wildman–Crippen MR) is 94.5 cm³/mol. The number of nitrogens with zero attached hydrogens (tertiary/aromatic N) is 1. The lowest BCUT2D eigenvalue weighted by atomic mass is 9.96. The summed E-state index contributed by atoms with van der Waals surface area (Å²) in [4.78, 5) is 41.0. The van der Waals surface area contributed by atoms with Gasteiger partial charge in [-0.15, -0.1) is 0 Å². The topological polar surface area (TPSA) is 82.3 Å². The van der Waals surface area contributed by atoms with Crippen LogP contribution >= 0.6 is 0 Å². The lowest BCUT2D eigenvalue weighted by molar-refractivity contribution is -0.121. The summed E-state index contributed by atoms with van der Waals surface area (Å²) < 4.78 is 0. The number of hydrogen-bond donors (Lipinski definition) is 2. The van der Waals surface area contributed by atoms with Gasteiger partial charge >= 0.3 is 0 Å². The maximum absolute atomic E-state index is 12.6. The highest BCUT2D eigenvalue weighted by molar-refractivity contribution is 5.99. The van der Waals surface area contributed by atoms with Crippen molar-refractivity contribution >= 4 is 23.3 Å². The van der Waals surface area contributed by atoms with Crippen LogP contribution in [0.25, 0.3) is 0 Å². The Morgan fingerprint density at radius 1 is 1.20 bits per heavy atom. The lowest BCUT2D eigenvalue weighted by Crippen LogP contribution is -2.43. The molecule has 0 aliphatic carbocycles. The van der Waals surface area contributed by atoms with Crippen molar-refractivity contribution in [1.82, 2.24) is 9.88 Å². The van der Waals surface area contributed by atoms with Crippen molar-refractivity contribution in [3.8, 4) is 0 Å². The van der Waals surface area contributed by atoms with E-state index < -0.39 is 0 Å². The van der Waals surface area contributed by atoms with E-state index in [0.717, 1.165) is 18.5 Å². The number of benzene rings is 1. The fourth-order valence-corrected chi connectivity index (χ4v) is 3.03. The van der Waals surface area contributed by atoms with E-state index in [-0.39, 0.29) is 23.5 Å². The Morgan fingerprint density at radius 2 is 1.96 bits per heavy atom. The van der Waals surface area contributed by atoms with Crippen molar-refractivity contribution in [3.63, 3.8) is 0 Å². The summed E-state index contributed by atoms with van der Waals surface area (Å²) in [6.45, 7) is 2.45. The number of carbonyl (C=O) groups is 3. The zero-order valence-electron chi connectivity index (χ0n) is 14.1. The van der Waals surface area contributed by atoms with Gasteiger partial charge in [0.15, 0.2) is 5.78 Å². The third-order valence-electron chi connectivity index (χ3n) is 4.44. The molecule has 0 radical (unpaired) electrons. The number of para-hydroxylation sites is 1. The molecule has 0 bridgehead atoms. The molecule has 6 heteroatoms. The van der Waals surface area contributed by atoms with Gasteiger partial charge in [-0.2, -0.15) is 0 Å². The first kappa shape index (κ1) is 17.0. The predicted octanol–water partition coefficient (Wildman–Crippen LogP) is 2.71. The molecule has 2 heterocycles. The molecule has 0 saturated carbocycles. The molecule has 130 valence electrons. The van der Waals surface area contributed by atoms with E-state index >= 15 is 0 Å². The van der Waals surface area contributed by atoms with Gasteiger partial charge in [-0.1, -0.05) is 18.2 Å². The number of aromatic amines is 1. The number of nitrogens with one attached hydrogen (secondary N) is 2. The van der Waals surface area contributed by atoms with E-state index in [1.165, 1.54) is 6.92 Å². The normalized spacial score (nSPS) is 17.2. The summed E-state index contributed by atoms with van der Waals surface area (Å²) in [5.74, 6) is -0.571. The SMILES string of the molecule is CC(=O)c1c[nH]c(C(=O)N2CCCC(C(=O)Nc3ccccc3)C2)c1. The Hall–Kier alpha value is -2.89. The fraction of sp³-hybridized carbons (Fsp3) is 0.316. The summed E-state index contributed by atoms with van der Waals surface area (Å²) in [6.07, 6.45) is 3.07. The number of Topliss-reactive ketones (excluding diaryl/α,β-unsaturated/α-hetero) is 1. The summed E-state index contributed by atoms with van der Waals surface area (Å²) in [5.41, 5.74) is 1.62. The molecule has 0 spiro atoms. The highest BCUT2D eigenvalue weighted by Crippen LogP contribution is 2.20. The minimum Gasteiger partial charge on any atom is -0.356 e. The Morgan fingerprint density at radius 3 is 2.64 bits per heavy atom. The summed E-state index contributed by atoms with van der Waals surface area (Å²) >= 11 is 0. The van der Waals surface area contributed by atoms with E-state index in [2.05, 4.69) is 10.3 Å². The van der Waals surface area contributed by atoms with E-state index in [9.17, 15) is 14.4 Å². The summed E-state index contributed by atoms with van der Waals surface area (Å²) in [7, 11) is 0. The van der Waals surface area contributed by atoms with E-state index in [0.29, 0.717) is 24.3 Å². The molecule has 1 atom stereocenters. The van der Waals surface area contributed by atoms with Gasteiger partial charge in [-0.05, 0) is 38.0 Å². The van der Waals surface area contributed by atoms with E-state index in [4.69, 9.17) is 0 Å². The van der Waals surface area contributed by atoms with Gasteiger partial charge < -0.3 is 15.2 Å². The van der Waals surface area contributed by atoms with Crippen molar-refractivity contribution < 1.29 is 14.4 Å². The van der Waals surface area contributed by atoms with Gasteiger partial charge in [0, 0.05) is 30.5 Å². The molecular formula is C19H21N3O3. The maximum atomic E-state index is 12.6. The monoisotopic (exact) mass is 339 g/mol. The lowest BCUT2D eigenvalue weighted by Gasteiger charge is -2.31. The first-order valence-electron chi connectivity index (χ1n) is 8.39. The van der Waals surface area contributed by atoms with E-state index in [1.807, 2.05) is 30.3 Å². The Bertz CT molecular complexity index is 782. The van der Waals surface area contributed by atoms with Crippen LogP contribution in [0.15, 0.2) is 42.6 Å². The molecule has 1 aliphatic rings. The largest absolute Gasteiger partial charge is 0.356 e. The number of aromatic nitrogens is 1. The van der Waals surface area contributed by atoms with Crippen LogP contribution in [0.1, 0.15) is 40.6 Å². The molecule has 1 unspecified atom stereocenters. The third kappa shape index (κ3) is 3.96. The van der Waals surface area contributed by atoms with Crippen molar-refractivity contribution in [3.05, 3.63) is 53.9 Å². The van der Waals surface area contributed by atoms with Crippen LogP contribution in [0.2, 0.25) is 0 Å². The van der Waals surface area contributed by atoms with Crippen LogP contribution in [-0.2, 0) is 4.79 Å². The van der Waals surface area contributed by atoms with Crippen LogP contribution in [0.3, 0.4) is 0 Å². The molecule has 3 rings (SSSR count). The van der Waals surface area contributed by atoms with Crippen LogP contribution in [0.5, 0.6) is 0 Å². The van der Waals surface area contributed by atoms with Crippen LogP contribution < -0.4 is 5.32 Å². The van der Waals surface area contributed by atoms with Gasteiger partial charge in [-0.3, -0.25) is 14.4 Å². The second-order valence-corrected chi connectivity index (χ2v) is 6.30. The van der Waals surface area contributed by atoms with Crippen LogP contribution in [0, 0.1) is 5.92 Å². The number of likely N-dealkylation sites (tertiary alicyclic amines) is 1. The van der Waals surface area contributed by atoms with Crippen molar-refractivity contribution in [1.29, 1.82) is 0 Å². The molecule has 1 aromatic heterocycles. The number of rotatable bonds is 4. The third-order valence-corrected chi connectivity index (χ3v) is 4.44. The number of piperidine rings is 1. The number of carbonyl (C=O) groups excluding carboxylic acids is 3. The second-order valence-electron chi connectivity index (χ2n) is 6.30. The number of ketones is 1. The van der Waals surface area contributed by atoms with Crippen molar-refractivity contribution in [2.45, 2.75) is 19.8 Å². The van der Waals surface area contributed by atoms with Crippen molar-refractivity contribution in [2.75, 3.05) is 18.4 Å². The van der Waals surface area contributed by atoms with E-state index in [1.54, 1.807) is 17.2 Å². The van der Waals surface area contributed by atoms with Gasteiger partial charge in [-0.25, -0.2) is 0 Å². The molecule has 1 saturated heterocycles. The molecule has 25 heavy (non-hydrogen) atoms. The molecule has 2 N–H and O–H groups in total. The van der Waals surface area contributed by atoms with Gasteiger partial charge in [0.05, 0.1) is 5.92 Å². The second kappa shape index (κ2) is 7.34. The minimum absolute atomic E-state index is 0.0698. The first-order chi connectivity index (χ1) is 12.0. The standard InChI is InChI=1S/C19H21N3O3/c1-13(23)15-10-17(20-11-15)19(25)22-9-5-6-14(12-22)18(24)21-16-7-3-2-4-8-16/h2-4,7-8,10-11,14,20H,5-6,9,12H2,1H3,(H,21,24). The first-order valence-corrected chi connectivity index (χ1v) is 8.39. The van der Waals surface area contributed by atoms with Gasteiger partial charge in [0.2, 0.25) is 5.91 Å². The zero-order valence-corrected chi connectivity index (χ0v) is 14.1. The maximum Gasteiger partial charge on any atom is 0.270 e. The minimum atomic E-state index is -0.236. The number of amides is 2. The molecule has 1 fully saturated rings. The van der Waals surface area contributed by atoms with Crippen LogP contribution in [0.4, 0.5) is 5.69 Å². The number of H-pyrrole nitrogens is 1. The smallest absolute Gasteiger partial charge is 0.270 e. The highest BCUT2D eigenvalue weighted by atomic mass is 16.2. The molecule has 6 nitrogen and oxygen atoms in total. The van der Waals surface area contributed by atoms with Gasteiger partial charge in [0.1, 0.15) is 5.69 Å². The Labute approximate surface area is 146 Å². The van der Waals surface area contributed by atoms with Gasteiger partial charge in [0.25, 0.3) is 5.91 Å². The molecular weight excluding hydrogens is 318 g/mol. The zero-order chi connectivity index (χ0) is 17.8. The quantitative estimate of drug-likeness (QED) is 0.840. The van der Waals surface area contributed by atoms with Crippen molar-refractivity contribution in [2.24, 2.45) is 5.92 Å². The molecule has 1 aliphatic heterocycles. The summed E-state index contributed by atoms with van der Waals surface area (Å²) in [5, 5.41) is 2.90. The fourth-order valence-electron chi connectivity index (χ4n) is 3.03. The Balaban J connectivity index is 1.64. The summed E-state index contributed by atoms with van der Waals surface area (Å²) in [6, 6.07) is 10.9. The Kier molecular flexibility index (Phi) is 4.97. The average molecular weight is 339 g/mol. The number of anilines is 1. The number of hydrogen-bond acceptors (Lipinski definition) is 3.